The second kappa shape index (κ2) is 8.87. The van der Waals surface area contributed by atoms with Crippen LogP contribution in [0.15, 0.2) is 48.5 Å². The van der Waals surface area contributed by atoms with Crippen LogP contribution in [0.1, 0.15) is 28.4 Å². The average Bonchev–Trinajstić information content (AvgIpc) is 2.61. The third kappa shape index (κ3) is 5.22. The van der Waals surface area contributed by atoms with Gasteiger partial charge in [0.2, 0.25) is 5.91 Å². The van der Waals surface area contributed by atoms with Gasteiger partial charge in [0.15, 0.2) is 0 Å². The number of anilines is 1. The first kappa shape index (κ1) is 19.3. The van der Waals surface area contributed by atoms with Gasteiger partial charge < -0.3 is 21.7 Å². The Bertz CT molecular complexity index is 808. The standard InChI is InChI=1S/C18H19ClN4O3/c1-21-17(25)11-6-8-12(9-7-11)22-16(24)10-15(23-18(20)26)13-4-2-3-5-14(13)19/h2-9,15H,10H2,1H3,(H,21,25)(H,22,24)(H3,20,23,26)/t15-/m0/s1. The number of hydrogen-bond donors (Lipinski definition) is 4. The molecule has 0 fully saturated rings. The zero-order valence-corrected chi connectivity index (χ0v) is 14.8. The van der Waals surface area contributed by atoms with Gasteiger partial charge in [-0.05, 0) is 35.9 Å². The van der Waals surface area contributed by atoms with Crippen molar-refractivity contribution >= 4 is 35.1 Å². The molecule has 0 radical (unpaired) electrons. The average molecular weight is 375 g/mol. The van der Waals surface area contributed by atoms with E-state index in [2.05, 4.69) is 16.0 Å². The van der Waals surface area contributed by atoms with Crippen molar-refractivity contribution < 1.29 is 14.4 Å². The Morgan fingerprint density at radius 3 is 2.31 bits per heavy atom. The van der Waals surface area contributed by atoms with Crippen LogP contribution in [-0.2, 0) is 4.79 Å². The van der Waals surface area contributed by atoms with Gasteiger partial charge in [-0.3, -0.25) is 9.59 Å². The first-order valence-corrected chi connectivity index (χ1v) is 8.21. The molecule has 4 amide bonds. The molecule has 136 valence electrons. The Morgan fingerprint density at radius 1 is 1.08 bits per heavy atom. The van der Waals surface area contributed by atoms with E-state index in [0.29, 0.717) is 21.8 Å². The predicted octanol–water partition coefficient (Wildman–Crippen LogP) is 2.44. The summed E-state index contributed by atoms with van der Waals surface area (Å²) in [6.07, 6.45) is -0.0517. The lowest BCUT2D eigenvalue weighted by molar-refractivity contribution is -0.116. The molecule has 0 spiro atoms. The van der Waals surface area contributed by atoms with Crippen LogP contribution in [-0.4, -0.2) is 24.9 Å². The zero-order valence-electron chi connectivity index (χ0n) is 14.1. The molecule has 8 heteroatoms. The van der Waals surface area contributed by atoms with Crippen molar-refractivity contribution in [2.75, 3.05) is 12.4 Å². The minimum Gasteiger partial charge on any atom is -0.355 e. The van der Waals surface area contributed by atoms with Crippen LogP contribution >= 0.6 is 11.6 Å². The maximum Gasteiger partial charge on any atom is 0.312 e. The molecule has 0 aliphatic heterocycles. The molecule has 0 bridgehead atoms. The van der Waals surface area contributed by atoms with E-state index in [0.717, 1.165) is 0 Å². The molecule has 0 saturated heterocycles. The summed E-state index contributed by atoms with van der Waals surface area (Å²) in [5.41, 5.74) is 6.81. The van der Waals surface area contributed by atoms with Crippen LogP contribution in [0.4, 0.5) is 10.5 Å². The predicted molar refractivity (Wildman–Crippen MR) is 100.0 cm³/mol. The Labute approximate surface area is 155 Å². The topological polar surface area (TPSA) is 113 Å². The fourth-order valence-corrected chi connectivity index (χ4v) is 2.68. The number of rotatable bonds is 6. The number of benzene rings is 2. The van der Waals surface area contributed by atoms with Gasteiger partial charge in [0.25, 0.3) is 5.91 Å². The SMILES string of the molecule is CNC(=O)c1ccc(NC(=O)C[C@H](NC(N)=O)c2ccccc2Cl)cc1. The van der Waals surface area contributed by atoms with Gasteiger partial charge in [-0.1, -0.05) is 29.8 Å². The molecule has 0 aliphatic carbocycles. The quantitative estimate of drug-likeness (QED) is 0.622. The van der Waals surface area contributed by atoms with Gasteiger partial charge in [0.05, 0.1) is 12.5 Å². The van der Waals surface area contributed by atoms with Gasteiger partial charge in [-0.2, -0.15) is 0 Å². The number of carbonyl (C=O) groups is 3. The summed E-state index contributed by atoms with van der Waals surface area (Å²) in [6, 6.07) is 11.9. The fraction of sp³-hybridized carbons (Fsp3) is 0.167. The van der Waals surface area contributed by atoms with Crippen LogP contribution in [0.3, 0.4) is 0 Å². The van der Waals surface area contributed by atoms with Crippen LogP contribution in [0, 0.1) is 0 Å². The van der Waals surface area contributed by atoms with E-state index in [-0.39, 0.29) is 18.2 Å². The van der Waals surface area contributed by atoms with Gasteiger partial charge in [-0.15, -0.1) is 0 Å². The minimum absolute atomic E-state index is 0.0517. The van der Waals surface area contributed by atoms with Crippen molar-refractivity contribution in [2.45, 2.75) is 12.5 Å². The smallest absolute Gasteiger partial charge is 0.312 e. The molecular formula is C18H19ClN4O3. The number of urea groups is 1. The molecule has 7 nitrogen and oxygen atoms in total. The molecule has 26 heavy (non-hydrogen) atoms. The Balaban J connectivity index is 2.08. The number of halogens is 1. The maximum absolute atomic E-state index is 12.3. The van der Waals surface area contributed by atoms with E-state index in [1.54, 1.807) is 55.6 Å². The number of nitrogens with two attached hydrogens (primary N) is 1. The molecule has 0 heterocycles. The van der Waals surface area contributed by atoms with E-state index in [1.807, 2.05) is 0 Å². The normalized spacial score (nSPS) is 11.3. The molecule has 0 aliphatic rings. The Kier molecular flexibility index (Phi) is 6.57. The highest BCUT2D eigenvalue weighted by molar-refractivity contribution is 6.31. The van der Waals surface area contributed by atoms with Crippen LogP contribution in [0.2, 0.25) is 5.02 Å². The van der Waals surface area contributed by atoms with Crippen molar-refractivity contribution in [1.29, 1.82) is 0 Å². The van der Waals surface area contributed by atoms with Gasteiger partial charge in [-0.25, -0.2) is 4.79 Å². The number of carbonyl (C=O) groups excluding carboxylic acids is 3. The Hall–Kier alpha value is -3.06. The highest BCUT2D eigenvalue weighted by atomic mass is 35.5. The first-order chi connectivity index (χ1) is 12.4. The van der Waals surface area contributed by atoms with E-state index in [4.69, 9.17) is 17.3 Å². The van der Waals surface area contributed by atoms with Crippen LogP contribution < -0.4 is 21.7 Å². The Morgan fingerprint density at radius 2 is 1.73 bits per heavy atom. The third-order valence-corrected chi connectivity index (χ3v) is 3.99. The summed E-state index contributed by atoms with van der Waals surface area (Å²) >= 11 is 6.15. The lowest BCUT2D eigenvalue weighted by Gasteiger charge is -2.19. The largest absolute Gasteiger partial charge is 0.355 e. The molecule has 2 aromatic rings. The summed E-state index contributed by atoms with van der Waals surface area (Å²) in [7, 11) is 1.54. The highest BCUT2D eigenvalue weighted by Gasteiger charge is 2.20. The first-order valence-electron chi connectivity index (χ1n) is 7.83. The summed E-state index contributed by atoms with van der Waals surface area (Å²) < 4.78 is 0. The van der Waals surface area contributed by atoms with E-state index in [9.17, 15) is 14.4 Å². The van der Waals surface area contributed by atoms with Gasteiger partial charge in [0, 0.05) is 23.3 Å². The summed E-state index contributed by atoms with van der Waals surface area (Å²) in [5.74, 6) is -0.552. The lowest BCUT2D eigenvalue weighted by Crippen LogP contribution is -2.35. The molecular weight excluding hydrogens is 356 g/mol. The molecule has 0 saturated carbocycles. The number of nitrogens with one attached hydrogen (secondary N) is 3. The van der Waals surface area contributed by atoms with Crippen molar-refractivity contribution in [3.63, 3.8) is 0 Å². The molecule has 0 aromatic heterocycles. The van der Waals surface area contributed by atoms with Crippen LogP contribution in [0.25, 0.3) is 0 Å². The van der Waals surface area contributed by atoms with Crippen molar-refractivity contribution in [2.24, 2.45) is 5.73 Å². The second-order valence-corrected chi connectivity index (χ2v) is 5.90. The summed E-state index contributed by atoms with van der Waals surface area (Å²) in [5, 5.41) is 8.18. The van der Waals surface area contributed by atoms with E-state index in [1.165, 1.54) is 0 Å². The fourth-order valence-electron chi connectivity index (χ4n) is 2.41. The monoisotopic (exact) mass is 374 g/mol. The minimum atomic E-state index is -0.752. The van der Waals surface area contributed by atoms with Crippen molar-refractivity contribution in [1.82, 2.24) is 10.6 Å². The number of hydrogen-bond acceptors (Lipinski definition) is 3. The second-order valence-electron chi connectivity index (χ2n) is 5.49. The molecule has 5 N–H and O–H groups in total. The number of primary amides is 1. The summed E-state index contributed by atoms with van der Waals surface area (Å²) in [6.45, 7) is 0. The van der Waals surface area contributed by atoms with E-state index >= 15 is 0 Å². The van der Waals surface area contributed by atoms with Gasteiger partial charge in [0.1, 0.15) is 0 Å². The summed E-state index contributed by atoms with van der Waals surface area (Å²) in [4.78, 5) is 35.1. The third-order valence-electron chi connectivity index (χ3n) is 3.64. The molecule has 2 aromatic carbocycles. The highest BCUT2D eigenvalue weighted by Crippen LogP contribution is 2.25. The molecule has 2 rings (SSSR count). The maximum atomic E-state index is 12.3. The van der Waals surface area contributed by atoms with Crippen LogP contribution in [0.5, 0.6) is 0 Å². The molecule has 0 unspecified atom stereocenters. The van der Waals surface area contributed by atoms with E-state index < -0.39 is 12.1 Å². The van der Waals surface area contributed by atoms with Gasteiger partial charge >= 0.3 is 6.03 Å². The van der Waals surface area contributed by atoms with Crippen molar-refractivity contribution in [3.8, 4) is 0 Å². The number of amides is 4. The lowest BCUT2D eigenvalue weighted by atomic mass is 10.0. The zero-order chi connectivity index (χ0) is 19.1. The van der Waals surface area contributed by atoms with Crippen molar-refractivity contribution in [3.05, 3.63) is 64.7 Å². The molecule has 1 atom stereocenters.